The third kappa shape index (κ3) is 5.60. The number of carboxylic acid groups (broad SMARTS) is 1. The molecule has 32 heavy (non-hydrogen) atoms. The summed E-state index contributed by atoms with van der Waals surface area (Å²) >= 11 is 0. The van der Waals surface area contributed by atoms with Crippen LogP contribution in [0.4, 0.5) is 26.3 Å². The van der Waals surface area contributed by atoms with Gasteiger partial charge in [-0.15, -0.1) is 0 Å². The molecule has 2 rings (SSSR count). The molecule has 174 valence electrons. The van der Waals surface area contributed by atoms with Crippen LogP contribution in [0.1, 0.15) is 48.9 Å². The van der Waals surface area contributed by atoms with E-state index in [1.165, 1.54) is 18.7 Å². The van der Waals surface area contributed by atoms with Crippen LogP contribution in [0, 0.1) is 0 Å². The Morgan fingerprint density at radius 1 is 0.969 bits per heavy atom. The van der Waals surface area contributed by atoms with E-state index in [2.05, 4.69) is 0 Å². The lowest BCUT2D eigenvalue weighted by atomic mass is 9.86. The van der Waals surface area contributed by atoms with Crippen molar-refractivity contribution in [3.63, 3.8) is 0 Å². The van der Waals surface area contributed by atoms with Crippen LogP contribution in [0.5, 0.6) is 0 Å². The van der Waals surface area contributed by atoms with Gasteiger partial charge in [0.25, 0.3) is 0 Å². The molecular weight excluding hydrogens is 440 g/mol. The minimum absolute atomic E-state index is 0.0394. The first-order valence-electron chi connectivity index (χ1n) is 9.56. The van der Waals surface area contributed by atoms with Crippen molar-refractivity contribution >= 4 is 11.9 Å². The number of carboxylic acids is 1. The van der Waals surface area contributed by atoms with Gasteiger partial charge in [0.05, 0.1) is 17.0 Å². The summed E-state index contributed by atoms with van der Waals surface area (Å²) in [5, 5.41) is 9.45. The zero-order chi connectivity index (χ0) is 24.4. The molecule has 2 aromatic rings. The molecule has 0 aliphatic heterocycles. The zero-order valence-electron chi connectivity index (χ0n) is 17.4. The molecule has 0 bridgehead atoms. The minimum Gasteiger partial charge on any atom is -0.481 e. The smallest absolute Gasteiger partial charge is 0.416 e. The van der Waals surface area contributed by atoms with Gasteiger partial charge >= 0.3 is 18.3 Å². The van der Waals surface area contributed by atoms with E-state index < -0.39 is 35.4 Å². The summed E-state index contributed by atoms with van der Waals surface area (Å²) in [5.41, 5.74) is -2.20. The highest BCUT2D eigenvalue weighted by molar-refractivity contribution is 5.80. The molecule has 1 N–H and O–H groups in total. The van der Waals surface area contributed by atoms with Gasteiger partial charge in [0, 0.05) is 20.0 Å². The van der Waals surface area contributed by atoms with Gasteiger partial charge in [-0.1, -0.05) is 12.1 Å². The van der Waals surface area contributed by atoms with Crippen LogP contribution < -0.4 is 0 Å². The Kier molecular flexibility index (Phi) is 7.26. The van der Waals surface area contributed by atoms with Crippen LogP contribution in [0.15, 0.2) is 36.4 Å². The first-order valence-corrected chi connectivity index (χ1v) is 9.56. The van der Waals surface area contributed by atoms with Gasteiger partial charge in [-0.3, -0.25) is 9.59 Å². The highest BCUT2D eigenvalue weighted by Gasteiger charge is 2.35. The molecule has 1 unspecified atom stereocenters. The average molecular weight is 461 g/mol. The van der Waals surface area contributed by atoms with Crippen molar-refractivity contribution in [2.45, 2.75) is 45.6 Å². The first-order chi connectivity index (χ1) is 14.7. The quantitative estimate of drug-likeness (QED) is 0.541. The van der Waals surface area contributed by atoms with Gasteiger partial charge in [-0.25, -0.2) is 0 Å². The topological polar surface area (TPSA) is 57.6 Å². The fourth-order valence-corrected chi connectivity index (χ4v) is 3.29. The minimum atomic E-state index is -4.82. The number of halogens is 6. The first kappa shape index (κ1) is 25.2. The Labute approximate surface area is 180 Å². The predicted molar refractivity (Wildman–Crippen MR) is 105 cm³/mol. The molecule has 0 aliphatic rings. The van der Waals surface area contributed by atoms with E-state index in [1.807, 2.05) is 0 Å². The fourth-order valence-electron chi connectivity index (χ4n) is 3.29. The molecule has 0 fully saturated rings. The van der Waals surface area contributed by atoms with Gasteiger partial charge in [0.1, 0.15) is 0 Å². The fraction of sp³-hybridized carbons (Fsp3) is 0.364. The Morgan fingerprint density at radius 2 is 1.50 bits per heavy atom. The molecule has 0 spiro atoms. The van der Waals surface area contributed by atoms with Crippen molar-refractivity contribution in [3.8, 4) is 11.1 Å². The van der Waals surface area contributed by atoms with Crippen molar-refractivity contribution < 1.29 is 41.0 Å². The molecule has 10 heteroatoms. The Morgan fingerprint density at radius 3 is 1.91 bits per heavy atom. The SMILES string of the molecule is CCN(Cc1c(-c2ccc(C(F)(F)F)cc2)cc(C(F)(F)F)cc1C(C)C(=O)O)C(C)=O. The molecule has 2 aromatic carbocycles. The molecule has 0 aromatic heterocycles. The molecular formula is C22H21F6NO3. The Balaban J connectivity index is 2.84. The maximum Gasteiger partial charge on any atom is 0.416 e. The van der Waals surface area contributed by atoms with Gasteiger partial charge in [-0.05, 0) is 60.4 Å². The van der Waals surface area contributed by atoms with E-state index in [-0.39, 0.29) is 41.3 Å². The second-order valence-corrected chi connectivity index (χ2v) is 7.26. The van der Waals surface area contributed by atoms with Crippen LogP contribution in [0.25, 0.3) is 11.1 Å². The summed E-state index contributed by atoms with van der Waals surface area (Å²) in [4.78, 5) is 24.8. The summed E-state index contributed by atoms with van der Waals surface area (Å²) in [7, 11) is 0. The van der Waals surface area contributed by atoms with Crippen molar-refractivity contribution in [2.75, 3.05) is 6.54 Å². The largest absolute Gasteiger partial charge is 0.481 e. The molecule has 1 atom stereocenters. The molecule has 0 aliphatic carbocycles. The standard InChI is InChI=1S/C22H21F6NO3/c1-4-29(13(3)30)11-19-17(12(2)20(31)32)9-16(22(26,27)28)10-18(19)14-5-7-15(8-6-14)21(23,24)25/h5-10,12H,4,11H2,1-3H3,(H,31,32). The van der Waals surface area contributed by atoms with Gasteiger partial charge in [0.2, 0.25) is 5.91 Å². The number of rotatable bonds is 6. The highest BCUT2D eigenvalue weighted by atomic mass is 19.4. The van der Waals surface area contributed by atoms with Crippen LogP contribution in [0.2, 0.25) is 0 Å². The molecule has 0 heterocycles. The van der Waals surface area contributed by atoms with Crippen LogP contribution >= 0.6 is 0 Å². The number of amides is 1. The summed E-state index contributed by atoms with van der Waals surface area (Å²) < 4.78 is 79.5. The lowest BCUT2D eigenvalue weighted by molar-refractivity contribution is -0.140. The maximum absolute atomic E-state index is 13.6. The van der Waals surface area contributed by atoms with E-state index in [1.54, 1.807) is 6.92 Å². The normalized spacial score (nSPS) is 13.0. The van der Waals surface area contributed by atoms with E-state index in [4.69, 9.17) is 0 Å². The summed E-state index contributed by atoms with van der Waals surface area (Å²) in [6, 6.07) is 5.02. The number of nitrogens with zero attached hydrogens (tertiary/aromatic N) is 1. The number of hydrogen-bond donors (Lipinski definition) is 1. The van der Waals surface area contributed by atoms with Crippen molar-refractivity contribution in [1.29, 1.82) is 0 Å². The molecule has 0 radical (unpaired) electrons. The van der Waals surface area contributed by atoms with Crippen molar-refractivity contribution in [2.24, 2.45) is 0 Å². The molecule has 0 saturated heterocycles. The number of aliphatic carboxylic acids is 1. The van der Waals surface area contributed by atoms with Gasteiger partial charge in [0.15, 0.2) is 0 Å². The monoisotopic (exact) mass is 461 g/mol. The van der Waals surface area contributed by atoms with Crippen LogP contribution in [0.3, 0.4) is 0 Å². The number of carbonyl (C=O) groups excluding carboxylic acids is 1. The van der Waals surface area contributed by atoms with E-state index in [0.717, 1.165) is 36.4 Å². The van der Waals surface area contributed by atoms with Crippen LogP contribution in [-0.4, -0.2) is 28.4 Å². The molecule has 1 amide bonds. The molecule has 0 saturated carbocycles. The van der Waals surface area contributed by atoms with Crippen LogP contribution in [-0.2, 0) is 28.5 Å². The third-order valence-corrected chi connectivity index (χ3v) is 5.15. The second-order valence-electron chi connectivity index (χ2n) is 7.26. The van der Waals surface area contributed by atoms with Crippen molar-refractivity contribution in [3.05, 3.63) is 58.7 Å². The number of benzene rings is 2. The van der Waals surface area contributed by atoms with E-state index in [9.17, 15) is 41.0 Å². The Hall–Kier alpha value is -3.04. The zero-order valence-corrected chi connectivity index (χ0v) is 17.4. The summed E-state index contributed by atoms with van der Waals surface area (Å²) in [5.74, 6) is -3.12. The summed E-state index contributed by atoms with van der Waals surface area (Å²) in [6.45, 7) is 4.11. The lowest BCUT2D eigenvalue weighted by Crippen LogP contribution is -2.29. The van der Waals surface area contributed by atoms with E-state index in [0.29, 0.717) is 0 Å². The molecule has 4 nitrogen and oxygen atoms in total. The third-order valence-electron chi connectivity index (χ3n) is 5.15. The lowest BCUT2D eigenvalue weighted by Gasteiger charge is -2.26. The highest BCUT2D eigenvalue weighted by Crippen LogP contribution is 2.40. The van der Waals surface area contributed by atoms with E-state index >= 15 is 0 Å². The number of alkyl halides is 6. The predicted octanol–water partition coefficient (Wildman–Crippen LogP) is 5.95. The second kappa shape index (κ2) is 9.22. The van der Waals surface area contributed by atoms with Gasteiger partial charge < -0.3 is 10.0 Å². The van der Waals surface area contributed by atoms with Gasteiger partial charge in [-0.2, -0.15) is 26.3 Å². The number of carbonyl (C=O) groups is 2. The average Bonchev–Trinajstić information content (AvgIpc) is 2.69. The maximum atomic E-state index is 13.6. The summed E-state index contributed by atoms with van der Waals surface area (Å²) in [6.07, 6.45) is -9.46. The Bertz CT molecular complexity index is 996. The number of hydrogen-bond acceptors (Lipinski definition) is 2. The van der Waals surface area contributed by atoms with Crippen molar-refractivity contribution in [1.82, 2.24) is 4.90 Å².